The van der Waals surface area contributed by atoms with Crippen LogP contribution in [0.2, 0.25) is 0 Å². The monoisotopic (exact) mass is 265 g/mol. The van der Waals surface area contributed by atoms with Gasteiger partial charge >= 0.3 is 0 Å². The van der Waals surface area contributed by atoms with E-state index in [0.29, 0.717) is 18.7 Å². The third-order valence-electron chi connectivity index (χ3n) is 3.67. The molecular formula is C16H15N3O. The number of rotatable bonds is 1. The van der Waals surface area contributed by atoms with E-state index in [1.807, 2.05) is 42.5 Å². The molecule has 2 aromatic carbocycles. The normalized spacial score (nSPS) is 18.8. The Labute approximate surface area is 117 Å². The smallest absolute Gasteiger partial charge is 0.255 e. The summed E-state index contributed by atoms with van der Waals surface area (Å²) < 4.78 is 0. The number of piperazine rings is 1. The average Bonchev–Trinajstić information content (AvgIpc) is 2.53. The second-order valence-corrected chi connectivity index (χ2v) is 4.87. The van der Waals surface area contributed by atoms with Crippen LogP contribution in [0.25, 0.3) is 10.8 Å². The average molecular weight is 265 g/mol. The number of nitrogens with one attached hydrogen (secondary N) is 1. The van der Waals surface area contributed by atoms with Gasteiger partial charge in [-0.15, -0.1) is 0 Å². The zero-order chi connectivity index (χ0) is 13.9. The number of carbonyl (C=O) groups is 1. The second-order valence-electron chi connectivity index (χ2n) is 4.87. The van der Waals surface area contributed by atoms with Crippen LogP contribution in [0.3, 0.4) is 0 Å². The molecule has 1 saturated heterocycles. The van der Waals surface area contributed by atoms with Crippen molar-refractivity contribution in [3.63, 3.8) is 0 Å². The second kappa shape index (κ2) is 5.32. The van der Waals surface area contributed by atoms with E-state index in [9.17, 15) is 10.1 Å². The molecule has 1 unspecified atom stereocenters. The van der Waals surface area contributed by atoms with Gasteiger partial charge in [-0.1, -0.05) is 36.4 Å². The topological polar surface area (TPSA) is 56.1 Å². The van der Waals surface area contributed by atoms with Gasteiger partial charge in [0.15, 0.2) is 0 Å². The van der Waals surface area contributed by atoms with Crippen LogP contribution in [-0.4, -0.2) is 36.5 Å². The maximum atomic E-state index is 12.7. The lowest BCUT2D eigenvalue weighted by molar-refractivity contribution is 0.0689. The first-order valence-electron chi connectivity index (χ1n) is 6.70. The highest BCUT2D eigenvalue weighted by Crippen LogP contribution is 2.21. The van der Waals surface area contributed by atoms with Gasteiger partial charge < -0.3 is 10.2 Å². The first-order valence-corrected chi connectivity index (χ1v) is 6.70. The van der Waals surface area contributed by atoms with Gasteiger partial charge in [-0.2, -0.15) is 5.26 Å². The molecule has 20 heavy (non-hydrogen) atoms. The van der Waals surface area contributed by atoms with E-state index in [2.05, 4.69) is 11.4 Å². The van der Waals surface area contributed by atoms with Crippen molar-refractivity contribution >= 4 is 16.7 Å². The molecule has 100 valence electrons. The molecule has 1 fully saturated rings. The Hall–Kier alpha value is -2.38. The largest absolute Gasteiger partial charge is 0.320 e. The Bertz CT molecular complexity index is 684. The lowest BCUT2D eigenvalue weighted by Crippen LogP contribution is -2.53. The molecule has 1 aliphatic heterocycles. The lowest BCUT2D eigenvalue weighted by Gasteiger charge is -2.32. The molecule has 0 bridgehead atoms. The minimum atomic E-state index is -0.393. The van der Waals surface area contributed by atoms with Crippen molar-refractivity contribution in [2.24, 2.45) is 0 Å². The molecule has 4 heteroatoms. The zero-order valence-electron chi connectivity index (χ0n) is 11.0. The highest BCUT2D eigenvalue weighted by atomic mass is 16.2. The Balaban J connectivity index is 2.02. The number of fused-ring (bicyclic) bond motifs is 1. The summed E-state index contributed by atoms with van der Waals surface area (Å²) in [5, 5.41) is 14.3. The van der Waals surface area contributed by atoms with Gasteiger partial charge in [-0.05, 0) is 16.8 Å². The lowest BCUT2D eigenvalue weighted by atomic mass is 10.0. The molecule has 0 spiro atoms. The van der Waals surface area contributed by atoms with E-state index < -0.39 is 6.04 Å². The van der Waals surface area contributed by atoms with E-state index in [0.717, 1.165) is 17.3 Å². The summed E-state index contributed by atoms with van der Waals surface area (Å²) >= 11 is 0. The van der Waals surface area contributed by atoms with Crippen LogP contribution in [0.4, 0.5) is 0 Å². The fraction of sp³-hybridized carbons (Fsp3) is 0.250. The van der Waals surface area contributed by atoms with Crippen molar-refractivity contribution in [2.45, 2.75) is 6.04 Å². The summed E-state index contributed by atoms with van der Waals surface area (Å²) in [7, 11) is 0. The van der Waals surface area contributed by atoms with Gasteiger partial charge in [0, 0.05) is 25.2 Å². The summed E-state index contributed by atoms with van der Waals surface area (Å²) in [5.74, 6) is -0.0603. The van der Waals surface area contributed by atoms with Crippen molar-refractivity contribution in [1.82, 2.24) is 10.2 Å². The summed E-state index contributed by atoms with van der Waals surface area (Å²) in [6.07, 6.45) is 0. The molecule has 3 rings (SSSR count). The fourth-order valence-corrected chi connectivity index (χ4v) is 2.63. The summed E-state index contributed by atoms with van der Waals surface area (Å²) in [6, 6.07) is 15.3. The molecule has 0 saturated carbocycles. The first kappa shape index (κ1) is 12.6. The SMILES string of the molecule is N#CC1CNCCN1C(=O)c1cccc2ccccc12. The third-order valence-corrected chi connectivity index (χ3v) is 3.67. The van der Waals surface area contributed by atoms with Crippen LogP contribution in [0, 0.1) is 11.3 Å². The molecule has 2 aromatic rings. The molecule has 1 heterocycles. The molecule has 0 aliphatic carbocycles. The van der Waals surface area contributed by atoms with Crippen molar-refractivity contribution < 1.29 is 4.79 Å². The minimum absolute atomic E-state index is 0.0603. The van der Waals surface area contributed by atoms with Gasteiger partial charge in [0.2, 0.25) is 0 Å². The van der Waals surface area contributed by atoms with Crippen molar-refractivity contribution in [3.05, 3.63) is 48.0 Å². The number of benzene rings is 2. The Kier molecular flexibility index (Phi) is 3.36. The molecule has 0 aromatic heterocycles. The van der Waals surface area contributed by atoms with Gasteiger partial charge in [-0.25, -0.2) is 0 Å². The Morgan fingerprint density at radius 1 is 1.25 bits per heavy atom. The van der Waals surface area contributed by atoms with E-state index >= 15 is 0 Å². The van der Waals surface area contributed by atoms with Gasteiger partial charge in [-0.3, -0.25) is 4.79 Å². The maximum Gasteiger partial charge on any atom is 0.255 e. The molecule has 1 atom stereocenters. The molecule has 1 aliphatic rings. The van der Waals surface area contributed by atoms with E-state index in [1.54, 1.807) is 4.90 Å². The first-order chi connectivity index (χ1) is 9.81. The number of nitriles is 1. The van der Waals surface area contributed by atoms with Gasteiger partial charge in [0.25, 0.3) is 5.91 Å². The van der Waals surface area contributed by atoms with Crippen LogP contribution < -0.4 is 5.32 Å². The highest BCUT2D eigenvalue weighted by Gasteiger charge is 2.27. The number of carbonyl (C=O) groups excluding carboxylic acids is 1. The van der Waals surface area contributed by atoms with Crippen molar-refractivity contribution in [2.75, 3.05) is 19.6 Å². The summed E-state index contributed by atoms with van der Waals surface area (Å²) in [6.45, 7) is 1.84. The van der Waals surface area contributed by atoms with Gasteiger partial charge in [0.1, 0.15) is 6.04 Å². The van der Waals surface area contributed by atoms with E-state index in [-0.39, 0.29) is 5.91 Å². The molecule has 4 nitrogen and oxygen atoms in total. The predicted octanol–water partition coefficient (Wildman–Crippen LogP) is 1.78. The van der Waals surface area contributed by atoms with Crippen molar-refractivity contribution in [3.8, 4) is 6.07 Å². The third kappa shape index (κ3) is 2.13. The molecule has 1 N–H and O–H groups in total. The fourth-order valence-electron chi connectivity index (χ4n) is 2.63. The number of nitrogens with zero attached hydrogens (tertiary/aromatic N) is 2. The quantitative estimate of drug-likeness (QED) is 0.855. The minimum Gasteiger partial charge on any atom is -0.320 e. The predicted molar refractivity (Wildman–Crippen MR) is 77.3 cm³/mol. The van der Waals surface area contributed by atoms with Crippen LogP contribution >= 0.6 is 0 Å². The van der Waals surface area contributed by atoms with Crippen LogP contribution in [-0.2, 0) is 0 Å². The highest BCUT2D eigenvalue weighted by molar-refractivity contribution is 6.07. The van der Waals surface area contributed by atoms with Crippen LogP contribution in [0.5, 0.6) is 0 Å². The molecule has 0 radical (unpaired) electrons. The van der Waals surface area contributed by atoms with Gasteiger partial charge in [0.05, 0.1) is 6.07 Å². The van der Waals surface area contributed by atoms with Crippen LogP contribution in [0.1, 0.15) is 10.4 Å². The maximum absolute atomic E-state index is 12.7. The van der Waals surface area contributed by atoms with Crippen molar-refractivity contribution in [1.29, 1.82) is 5.26 Å². The number of hydrogen-bond donors (Lipinski definition) is 1. The molecule has 1 amide bonds. The Morgan fingerprint density at radius 2 is 2.05 bits per heavy atom. The number of hydrogen-bond acceptors (Lipinski definition) is 3. The Morgan fingerprint density at radius 3 is 2.90 bits per heavy atom. The summed E-state index contributed by atoms with van der Waals surface area (Å²) in [5.41, 5.74) is 0.672. The zero-order valence-corrected chi connectivity index (χ0v) is 11.0. The number of amides is 1. The standard InChI is InChI=1S/C16H15N3O/c17-10-13-11-18-8-9-19(13)16(20)15-7-3-5-12-4-1-2-6-14(12)15/h1-7,13,18H,8-9,11H2. The van der Waals surface area contributed by atoms with E-state index in [1.165, 1.54) is 0 Å². The summed E-state index contributed by atoms with van der Waals surface area (Å²) in [4.78, 5) is 14.4. The van der Waals surface area contributed by atoms with E-state index in [4.69, 9.17) is 0 Å². The van der Waals surface area contributed by atoms with Crippen LogP contribution in [0.15, 0.2) is 42.5 Å². The molecular weight excluding hydrogens is 250 g/mol.